The zero-order valence-corrected chi connectivity index (χ0v) is 15.5. The van der Waals surface area contributed by atoms with Crippen molar-refractivity contribution < 1.29 is 9.59 Å². The number of benzene rings is 2. The molecule has 1 atom stereocenters. The predicted octanol–water partition coefficient (Wildman–Crippen LogP) is 3.99. The fraction of sp³-hybridized carbons (Fsp3) is 0.333. The van der Waals surface area contributed by atoms with E-state index in [1.54, 1.807) is 4.90 Å². The van der Waals surface area contributed by atoms with Crippen molar-refractivity contribution in [3.05, 3.63) is 54.1 Å². The van der Waals surface area contributed by atoms with Crippen molar-refractivity contribution in [1.29, 1.82) is 0 Å². The van der Waals surface area contributed by atoms with Crippen molar-refractivity contribution in [2.24, 2.45) is 0 Å². The van der Waals surface area contributed by atoms with Gasteiger partial charge >= 0.3 is 0 Å². The van der Waals surface area contributed by atoms with E-state index >= 15 is 0 Å². The third-order valence-corrected chi connectivity index (χ3v) is 4.64. The van der Waals surface area contributed by atoms with Crippen LogP contribution in [-0.2, 0) is 9.59 Å². The molecule has 2 amide bonds. The first-order valence-corrected chi connectivity index (χ1v) is 9.01. The second-order valence-corrected chi connectivity index (χ2v) is 6.98. The number of fused-ring (bicyclic) bond motifs is 1. The van der Waals surface area contributed by atoms with Gasteiger partial charge in [0.05, 0.1) is 17.9 Å². The highest BCUT2D eigenvalue weighted by molar-refractivity contribution is 6.05. The first-order valence-electron chi connectivity index (χ1n) is 9.01. The lowest BCUT2D eigenvalue weighted by molar-refractivity contribution is -0.118. The van der Waals surface area contributed by atoms with Crippen LogP contribution in [0.4, 0.5) is 17.1 Å². The summed E-state index contributed by atoms with van der Waals surface area (Å²) in [6, 6.07) is 15.3. The molecule has 1 unspecified atom stereocenters. The van der Waals surface area contributed by atoms with Gasteiger partial charge in [-0.1, -0.05) is 44.2 Å². The number of nitrogens with one attached hydrogen (secondary N) is 2. The average molecular weight is 351 g/mol. The smallest absolute Gasteiger partial charge is 0.246 e. The zero-order valence-electron chi connectivity index (χ0n) is 15.5. The zero-order chi connectivity index (χ0) is 18.7. The van der Waals surface area contributed by atoms with Crippen LogP contribution in [0.25, 0.3) is 0 Å². The maximum Gasteiger partial charge on any atom is 0.246 e. The van der Waals surface area contributed by atoms with Gasteiger partial charge in [0.15, 0.2) is 0 Å². The molecule has 26 heavy (non-hydrogen) atoms. The van der Waals surface area contributed by atoms with Crippen LogP contribution in [0.3, 0.4) is 0 Å². The minimum absolute atomic E-state index is 0.0555. The van der Waals surface area contributed by atoms with Crippen LogP contribution in [0.1, 0.15) is 38.7 Å². The molecule has 1 aliphatic rings. The topological polar surface area (TPSA) is 61.4 Å². The van der Waals surface area contributed by atoms with Crippen LogP contribution in [0.5, 0.6) is 0 Å². The summed E-state index contributed by atoms with van der Waals surface area (Å²) in [4.78, 5) is 26.8. The molecule has 0 radical (unpaired) electrons. The number of rotatable bonds is 4. The summed E-state index contributed by atoms with van der Waals surface area (Å²) >= 11 is 0. The SMILES string of the molecule is CC(C)c1ccccc1NCC(=O)N1c2ccccc2NC(=O)CC1C. The van der Waals surface area contributed by atoms with E-state index in [1.165, 1.54) is 5.56 Å². The van der Waals surface area contributed by atoms with E-state index in [0.29, 0.717) is 11.6 Å². The first-order chi connectivity index (χ1) is 12.5. The van der Waals surface area contributed by atoms with Crippen molar-refractivity contribution in [1.82, 2.24) is 0 Å². The van der Waals surface area contributed by atoms with Crippen molar-refractivity contribution in [2.45, 2.75) is 39.2 Å². The molecule has 1 aliphatic heterocycles. The molecule has 0 bridgehead atoms. The molecule has 2 aromatic rings. The number of para-hydroxylation sites is 3. The highest BCUT2D eigenvalue weighted by Crippen LogP contribution is 2.31. The van der Waals surface area contributed by atoms with Gasteiger partial charge in [0.1, 0.15) is 0 Å². The Hall–Kier alpha value is -2.82. The van der Waals surface area contributed by atoms with E-state index in [2.05, 4.69) is 30.5 Å². The normalized spacial score (nSPS) is 16.7. The van der Waals surface area contributed by atoms with E-state index in [1.807, 2.05) is 49.4 Å². The summed E-state index contributed by atoms with van der Waals surface area (Å²) in [6.07, 6.45) is 0.281. The second kappa shape index (κ2) is 7.60. The lowest BCUT2D eigenvalue weighted by Gasteiger charge is -2.28. The van der Waals surface area contributed by atoms with Crippen molar-refractivity contribution in [2.75, 3.05) is 22.1 Å². The van der Waals surface area contributed by atoms with Crippen molar-refractivity contribution in [3.63, 3.8) is 0 Å². The fourth-order valence-electron chi connectivity index (χ4n) is 3.39. The van der Waals surface area contributed by atoms with Crippen LogP contribution < -0.4 is 15.5 Å². The molecule has 0 saturated heterocycles. The first kappa shape index (κ1) is 18.0. The van der Waals surface area contributed by atoms with Gasteiger partial charge in [-0.2, -0.15) is 0 Å². The minimum Gasteiger partial charge on any atom is -0.376 e. The molecule has 136 valence electrons. The standard InChI is InChI=1S/C21H25N3O2/c1-14(2)16-8-4-5-9-17(16)22-13-21(26)24-15(3)12-20(25)23-18-10-6-7-11-19(18)24/h4-11,14-15,22H,12-13H2,1-3H3,(H,23,25). The molecule has 0 aliphatic carbocycles. The van der Waals surface area contributed by atoms with Crippen molar-refractivity contribution >= 4 is 28.9 Å². The van der Waals surface area contributed by atoms with Crippen LogP contribution in [0, 0.1) is 0 Å². The van der Waals surface area contributed by atoms with Gasteiger partial charge in [0.25, 0.3) is 0 Å². The summed E-state index contributed by atoms with van der Waals surface area (Å²) < 4.78 is 0. The minimum atomic E-state index is -0.201. The van der Waals surface area contributed by atoms with E-state index in [9.17, 15) is 9.59 Å². The van der Waals surface area contributed by atoms with Gasteiger partial charge < -0.3 is 15.5 Å². The maximum atomic E-state index is 13.0. The van der Waals surface area contributed by atoms with Gasteiger partial charge in [0.2, 0.25) is 11.8 Å². The monoisotopic (exact) mass is 351 g/mol. The lowest BCUT2D eigenvalue weighted by atomic mass is 10.0. The Balaban J connectivity index is 1.82. The van der Waals surface area contributed by atoms with Crippen LogP contribution >= 0.6 is 0 Å². The third kappa shape index (κ3) is 3.72. The molecule has 3 rings (SSSR count). The van der Waals surface area contributed by atoms with Crippen LogP contribution in [0.2, 0.25) is 0 Å². The third-order valence-electron chi connectivity index (χ3n) is 4.64. The lowest BCUT2D eigenvalue weighted by Crippen LogP contribution is -2.42. The summed E-state index contributed by atoms with van der Waals surface area (Å²) in [5, 5.41) is 6.16. The molecule has 0 fully saturated rings. The van der Waals surface area contributed by atoms with Gasteiger partial charge in [-0.3, -0.25) is 9.59 Å². The number of hydrogen-bond donors (Lipinski definition) is 2. The van der Waals surface area contributed by atoms with Crippen LogP contribution in [0.15, 0.2) is 48.5 Å². The van der Waals surface area contributed by atoms with E-state index in [0.717, 1.165) is 11.4 Å². The number of nitrogens with zero attached hydrogens (tertiary/aromatic N) is 1. The Kier molecular flexibility index (Phi) is 5.26. The summed E-state index contributed by atoms with van der Waals surface area (Å²) in [7, 11) is 0. The number of amides is 2. The van der Waals surface area contributed by atoms with E-state index in [4.69, 9.17) is 0 Å². The highest BCUT2D eigenvalue weighted by atomic mass is 16.2. The van der Waals surface area contributed by atoms with Gasteiger partial charge in [-0.25, -0.2) is 0 Å². The van der Waals surface area contributed by atoms with E-state index in [-0.39, 0.29) is 30.8 Å². The second-order valence-electron chi connectivity index (χ2n) is 6.98. The Morgan fingerprint density at radius 2 is 1.88 bits per heavy atom. The van der Waals surface area contributed by atoms with Gasteiger partial charge in [-0.05, 0) is 36.6 Å². The summed E-state index contributed by atoms with van der Waals surface area (Å²) in [6.45, 7) is 6.34. The maximum absolute atomic E-state index is 13.0. The Labute approximate surface area is 154 Å². The summed E-state index contributed by atoms with van der Waals surface area (Å²) in [5.41, 5.74) is 3.58. The largest absolute Gasteiger partial charge is 0.376 e. The Bertz CT molecular complexity index is 816. The number of carbonyl (C=O) groups excluding carboxylic acids is 2. The highest BCUT2D eigenvalue weighted by Gasteiger charge is 2.29. The molecule has 2 aromatic carbocycles. The van der Waals surface area contributed by atoms with Crippen LogP contribution in [-0.4, -0.2) is 24.4 Å². The predicted molar refractivity (Wildman–Crippen MR) is 106 cm³/mol. The Morgan fingerprint density at radius 1 is 1.19 bits per heavy atom. The molecule has 2 N–H and O–H groups in total. The molecule has 0 spiro atoms. The quantitative estimate of drug-likeness (QED) is 0.876. The molecule has 1 heterocycles. The number of hydrogen-bond acceptors (Lipinski definition) is 3. The molecule has 5 nitrogen and oxygen atoms in total. The molecule has 0 saturated carbocycles. The average Bonchev–Trinajstić information content (AvgIpc) is 2.74. The van der Waals surface area contributed by atoms with Crippen molar-refractivity contribution in [3.8, 4) is 0 Å². The number of anilines is 3. The molecular weight excluding hydrogens is 326 g/mol. The van der Waals surface area contributed by atoms with E-state index < -0.39 is 0 Å². The molecule has 5 heteroatoms. The fourth-order valence-corrected chi connectivity index (χ4v) is 3.39. The Morgan fingerprint density at radius 3 is 2.65 bits per heavy atom. The summed E-state index contributed by atoms with van der Waals surface area (Å²) in [5.74, 6) is 0.242. The molecular formula is C21H25N3O2. The van der Waals surface area contributed by atoms with Gasteiger partial charge in [-0.15, -0.1) is 0 Å². The molecule has 0 aromatic heterocycles. The van der Waals surface area contributed by atoms with Gasteiger partial charge in [0, 0.05) is 18.2 Å². The number of carbonyl (C=O) groups is 2.